The number of amides is 1. The molecular formula is C21H32FN3O. The molecule has 0 aromatic heterocycles. The molecule has 26 heavy (non-hydrogen) atoms. The Hall–Kier alpha value is -1.46. The number of benzene rings is 1. The minimum Gasteiger partial charge on any atom is -0.352 e. The smallest absolute Gasteiger partial charge is 0.237 e. The zero-order valence-electron chi connectivity index (χ0n) is 16.2. The summed E-state index contributed by atoms with van der Waals surface area (Å²) in [7, 11) is 1.87. The van der Waals surface area contributed by atoms with Gasteiger partial charge in [0.15, 0.2) is 0 Å². The lowest BCUT2D eigenvalue weighted by molar-refractivity contribution is -0.124. The van der Waals surface area contributed by atoms with Crippen LogP contribution in [0.15, 0.2) is 24.3 Å². The third-order valence-electron chi connectivity index (χ3n) is 5.95. The van der Waals surface area contributed by atoms with Crippen LogP contribution in [0, 0.1) is 23.6 Å². The van der Waals surface area contributed by atoms with Crippen LogP contribution in [0.1, 0.15) is 38.7 Å². The largest absolute Gasteiger partial charge is 0.352 e. The Balaban J connectivity index is 1.54. The van der Waals surface area contributed by atoms with E-state index in [0.717, 1.165) is 38.0 Å². The van der Waals surface area contributed by atoms with Crippen LogP contribution in [-0.2, 0) is 11.3 Å². The van der Waals surface area contributed by atoms with Crippen LogP contribution in [0.5, 0.6) is 0 Å². The van der Waals surface area contributed by atoms with Gasteiger partial charge in [0.25, 0.3) is 0 Å². The number of likely N-dealkylation sites (tertiary alicyclic amines) is 1. The molecule has 1 aliphatic heterocycles. The van der Waals surface area contributed by atoms with Crippen LogP contribution in [0.4, 0.5) is 4.39 Å². The summed E-state index contributed by atoms with van der Waals surface area (Å²) in [6.45, 7) is 7.25. The molecule has 1 heterocycles. The molecule has 1 aromatic rings. The van der Waals surface area contributed by atoms with E-state index < -0.39 is 0 Å². The molecule has 4 nitrogen and oxygen atoms in total. The number of hydrogen-bond donors (Lipinski definition) is 2. The van der Waals surface area contributed by atoms with Crippen molar-refractivity contribution in [2.45, 2.75) is 51.7 Å². The first kappa shape index (κ1) is 19.3. The third-order valence-corrected chi connectivity index (χ3v) is 5.95. The summed E-state index contributed by atoms with van der Waals surface area (Å²) >= 11 is 0. The second-order valence-corrected chi connectivity index (χ2v) is 8.41. The fourth-order valence-corrected chi connectivity index (χ4v) is 4.62. The number of nitrogens with zero attached hydrogens (tertiary/aromatic N) is 1. The highest BCUT2D eigenvalue weighted by molar-refractivity contribution is 5.82. The number of hydrogen-bond acceptors (Lipinski definition) is 3. The van der Waals surface area contributed by atoms with Crippen molar-refractivity contribution in [3.05, 3.63) is 35.6 Å². The maximum absolute atomic E-state index is 13.1. The van der Waals surface area contributed by atoms with E-state index in [0.29, 0.717) is 17.8 Å². The van der Waals surface area contributed by atoms with Gasteiger partial charge in [0.05, 0.1) is 6.04 Å². The predicted molar refractivity (Wildman–Crippen MR) is 102 cm³/mol. The predicted octanol–water partition coefficient (Wildman–Crippen LogP) is 2.79. The second kappa shape index (κ2) is 8.49. The third kappa shape index (κ3) is 4.63. The standard InChI is InChI=1S/C21H32FN3O/c1-14(2)10-20(23-3)21(26)24-19-9-6-16-12-25(13-18(16)19)11-15-4-7-17(22)8-5-15/h4-5,7-8,14,16,18-20,23H,6,9-13H2,1-3H3,(H,24,26)/t16-,18?,19?,20?/m0/s1. The first-order chi connectivity index (χ1) is 12.5. The summed E-state index contributed by atoms with van der Waals surface area (Å²) in [5.74, 6) is 1.65. The molecular weight excluding hydrogens is 329 g/mol. The summed E-state index contributed by atoms with van der Waals surface area (Å²) < 4.78 is 13.1. The van der Waals surface area contributed by atoms with Crippen molar-refractivity contribution < 1.29 is 9.18 Å². The molecule has 0 radical (unpaired) electrons. The summed E-state index contributed by atoms with van der Waals surface area (Å²) in [5, 5.41) is 6.48. The lowest BCUT2D eigenvalue weighted by Gasteiger charge is -2.25. The second-order valence-electron chi connectivity index (χ2n) is 8.41. The number of carbonyl (C=O) groups is 1. The van der Waals surface area contributed by atoms with Crippen molar-refractivity contribution in [1.29, 1.82) is 0 Å². The van der Waals surface area contributed by atoms with E-state index in [1.54, 1.807) is 0 Å². The van der Waals surface area contributed by atoms with Crippen molar-refractivity contribution in [3.63, 3.8) is 0 Å². The van der Waals surface area contributed by atoms with E-state index in [4.69, 9.17) is 0 Å². The maximum atomic E-state index is 13.1. The zero-order chi connectivity index (χ0) is 18.7. The summed E-state index contributed by atoms with van der Waals surface area (Å²) in [6, 6.07) is 6.97. The molecule has 3 rings (SSSR count). The average Bonchev–Trinajstić information content (AvgIpc) is 3.16. The Bertz CT molecular complexity index is 604. The molecule has 1 saturated heterocycles. The minimum atomic E-state index is -0.185. The molecule has 2 aliphatic rings. The molecule has 1 amide bonds. The monoisotopic (exact) mass is 361 g/mol. The Morgan fingerprint density at radius 3 is 2.62 bits per heavy atom. The lowest BCUT2D eigenvalue weighted by atomic mass is 9.97. The van der Waals surface area contributed by atoms with E-state index in [-0.39, 0.29) is 23.8 Å². The molecule has 1 aliphatic carbocycles. The Labute approximate surface area is 156 Å². The van der Waals surface area contributed by atoms with E-state index in [9.17, 15) is 9.18 Å². The number of carbonyl (C=O) groups excluding carboxylic acids is 1. The summed E-state index contributed by atoms with van der Waals surface area (Å²) in [6.07, 6.45) is 3.13. The van der Waals surface area contributed by atoms with Gasteiger partial charge in [-0.1, -0.05) is 26.0 Å². The first-order valence-electron chi connectivity index (χ1n) is 9.90. The number of nitrogens with one attached hydrogen (secondary N) is 2. The highest BCUT2D eigenvalue weighted by Crippen LogP contribution is 2.38. The van der Waals surface area contributed by atoms with Crippen molar-refractivity contribution in [1.82, 2.24) is 15.5 Å². The molecule has 2 fully saturated rings. The van der Waals surface area contributed by atoms with Crippen LogP contribution < -0.4 is 10.6 Å². The van der Waals surface area contributed by atoms with Gasteiger partial charge in [-0.2, -0.15) is 0 Å². The lowest BCUT2D eigenvalue weighted by Crippen LogP contribution is -2.49. The topological polar surface area (TPSA) is 44.4 Å². The quantitative estimate of drug-likeness (QED) is 0.785. The SMILES string of the molecule is CNC(CC(C)C)C(=O)NC1CC[C@H]2CN(Cc3ccc(F)cc3)CC12. The molecule has 1 saturated carbocycles. The van der Waals surface area contributed by atoms with Crippen molar-refractivity contribution >= 4 is 5.91 Å². The Morgan fingerprint density at radius 1 is 1.23 bits per heavy atom. The molecule has 144 valence electrons. The molecule has 3 unspecified atom stereocenters. The van der Waals surface area contributed by atoms with Gasteiger partial charge in [0.2, 0.25) is 5.91 Å². The van der Waals surface area contributed by atoms with Gasteiger partial charge >= 0.3 is 0 Å². The average molecular weight is 362 g/mol. The number of fused-ring (bicyclic) bond motifs is 1. The van der Waals surface area contributed by atoms with E-state index in [1.165, 1.54) is 18.6 Å². The van der Waals surface area contributed by atoms with E-state index >= 15 is 0 Å². The highest BCUT2D eigenvalue weighted by atomic mass is 19.1. The Kier molecular flexibility index (Phi) is 6.30. The van der Waals surface area contributed by atoms with Gasteiger partial charge < -0.3 is 10.6 Å². The van der Waals surface area contributed by atoms with Crippen molar-refractivity contribution in [2.24, 2.45) is 17.8 Å². The van der Waals surface area contributed by atoms with E-state index in [2.05, 4.69) is 29.4 Å². The van der Waals surface area contributed by atoms with Gasteiger partial charge in [0.1, 0.15) is 5.82 Å². The van der Waals surface area contributed by atoms with Crippen molar-refractivity contribution in [2.75, 3.05) is 20.1 Å². The van der Waals surface area contributed by atoms with Crippen LogP contribution in [-0.4, -0.2) is 43.0 Å². The number of halogens is 1. The summed E-state index contributed by atoms with van der Waals surface area (Å²) in [5.41, 5.74) is 1.15. The molecule has 4 atom stereocenters. The van der Waals surface area contributed by atoms with E-state index in [1.807, 2.05) is 19.2 Å². The highest BCUT2D eigenvalue weighted by Gasteiger charge is 2.43. The number of likely N-dealkylation sites (N-methyl/N-ethyl adjacent to an activating group) is 1. The molecule has 2 N–H and O–H groups in total. The maximum Gasteiger partial charge on any atom is 0.237 e. The molecule has 5 heteroatoms. The van der Waals surface area contributed by atoms with Crippen LogP contribution in [0.2, 0.25) is 0 Å². The molecule has 1 aromatic carbocycles. The van der Waals surface area contributed by atoms with Crippen molar-refractivity contribution in [3.8, 4) is 0 Å². The summed E-state index contributed by atoms with van der Waals surface area (Å²) in [4.78, 5) is 15.1. The fourth-order valence-electron chi connectivity index (χ4n) is 4.62. The molecule has 0 spiro atoms. The fraction of sp³-hybridized carbons (Fsp3) is 0.667. The number of rotatable bonds is 7. The van der Waals surface area contributed by atoms with Gasteiger partial charge in [0, 0.05) is 25.7 Å². The minimum absolute atomic E-state index is 0.106. The first-order valence-corrected chi connectivity index (χ1v) is 9.90. The van der Waals surface area contributed by atoms with Gasteiger partial charge in [-0.15, -0.1) is 0 Å². The molecule has 0 bridgehead atoms. The van der Waals surface area contributed by atoms with Crippen LogP contribution >= 0.6 is 0 Å². The van der Waals surface area contributed by atoms with Crippen LogP contribution in [0.25, 0.3) is 0 Å². The van der Waals surface area contributed by atoms with Crippen LogP contribution in [0.3, 0.4) is 0 Å². The normalized spacial score (nSPS) is 26.9. The zero-order valence-corrected chi connectivity index (χ0v) is 16.2. The van der Waals surface area contributed by atoms with Gasteiger partial charge in [-0.05, 0) is 61.8 Å². The Morgan fingerprint density at radius 2 is 1.96 bits per heavy atom. The van der Waals surface area contributed by atoms with Gasteiger partial charge in [-0.3, -0.25) is 9.69 Å². The van der Waals surface area contributed by atoms with Gasteiger partial charge in [-0.25, -0.2) is 4.39 Å².